The van der Waals surface area contributed by atoms with E-state index in [1.54, 1.807) is 6.07 Å². The summed E-state index contributed by atoms with van der Waals surface area (Å²) in [5, 5.41) is 11.5. The zero-order valence-corrected chi connectivity index (χ0v) is 10.1. The van der Waals surface area contributed by atoms with Crippen LogP contribution in [0.15, 0.2) is 30.9 Å². The molecular weight excluding hydrogens is 234 g/mol. The number of benzene rings is 1. The Bertz CT molecular complexity index is 468. The average Bonchev–Trinajstić information content (AvgIpc) is 2.35. The van der Waals surface area contributed by atoms with E-state index < -0.39 is 12.1 Å². The van der Waals surface area contributed by atoms with E-state index in [1.807, 2.05) is 6.92 Å². The van der Waals surface area contributed by atoms with Crippen molar-refractivity contribution in [2.75, 3.05) is 11.9 Å². The normalized spacial score (nSPS) is 9.61. The average molecular weight is 249 g/mol. The van der Waals surface area contributed by atoms with E-state index in [1.165, 1.54) is 18.2 Å². The fraction of sp³-hybridized carbons (Fsp3) is 0.231. The van der Waals surface area contributed by atoms with Gasteiger partial charge in [-0.15, -0.1) is 0 Å². The van der Waals surface area contributed by atoms with Crippen molar-refractivity contribution < 1.29 is 19.4 Å². The van der Waals surface area contributed by atoms with E-state index in [0.717, 1.165) is 0 Å². The van der Waals surface area contributed by atoms with E-state index in [9.17, 15) is 9.59 Å². The van der Waals surface area contributed by atoms with Gasteiger partial charge >= 0.3 is 12.1 Å². The summed E-state index contributed by atoms with van der Waals surface area (Å²) in [5.41, 5.74) is 1.40. The van der Waals surface area contributed by atoms with Crippen molar-refractivity contribution in [3.05, 3.63) is 42.0 Å². The number of ether oxygens (including phenoxy) is 1. The number of hydrogen-bond acceptors (Lipinski definition) is 3. The van der Waals surface area contributed by atoms with Crippen LogP contribution in [0.2, 0.25) is 0 Å². The van der Waals surface area contributed by atoms with Crippen LogP contribution in [0.25, 0.3) is 0 Å². The highest BCUT2D eigenvalue weighted by atomic mass is 16.5. The van der Waals surface area contributed by atoms with E-state index in [0.29, 0.717) is 17.7 Å². The van der Waals surface area contributed by atoms with Gasteiger partial charge in [0, 0.05) is 5.69 Å². The summed E-state index contributed by atoms with van der Waals surface area (Å²) in [4.78, 5) is 22.2. The van der Waals surface area contributed by atoms with Crippen molar-refractivity contribution in [3.63, 3.8) is 0 Å². The minimum absolute atomic E-state index is 0.125. The lowest BCUT2D eigenvalue weighted by Crippen LogP contribution is -2.14. The molecule has 0 bridgehead atoms. The van der Waals surface area contributed by atoms with Crippen LogP contribution in [0.4, 0.5) is 10.5 Å². The third-order valence-corrected chi connectivity index (χ3v) is 2.30. The first-order chi connectivity index (χ1) is 8.58. The Hall–Kier alpha value is -2.30. The number of anilines is 1. The van der Waals surface area contributed by atoms with E-state index >= 15 is 0 Å². The predicted octanol–water partition coefficient (Wildman–Crippen LogP) is 2.68. The van der Waals surface area contributed by atoms with Crippen molar-refractivity contribution in [2.24, 2.45) is 0 Å². The minimum Gasteiger partial charge on any atom is -0.478 e. The molecule has 0 fully saturated rings. The van der Waals surface area contributed by atoms with Crippen LogP contribution in [-0.4, -0.2) is 23.8 Å². The number of carboxylic acids is 1. The van der Waals surface area contributed by atoms with Gasteiger partial charge in [-0.25, -0.2) is 9.59 Å². The van der Waals surface area contributed by atoms with Gasteiger partial charge in [-0.05, 0) is 30.2 Å². The van der Waals surface area contributed by atoms with Gasteiger partial charge in [-0.3, -0.25) is 5.32 Å². The minimum atomic E-state index is -0.979. The van der Waals surface area contributed by atoms with Crippen LogP contribution in [0.5, 0.6) is 0 Å². The molecule has 0 saturated carbocycles. The zero-order chi connectivity index (χ0) is 13.5. The lowest BCUT2D eigenvalue weighted by molar-refractivity contribution is 0.0695. The predicted molar refractivity (Wildman–Crippen MR) is 67.9 cm³/mol. The first-order valence-corrected chi connectivity index (χ1v) is 5.49. The highest BCUT2D eigenvalue weighted by Crippen LogP contribution is 2.17. The molecular formula is C13H15NO4. The summed E-state index contributed by atoms with van der Waals surface area (Å²) in [5.74, 6) is -0.979. The molecule has 1 amide bonds. The molecule has 0 radical (unpaired) electrons. The van der Waals surface area contributed by atoms with Crippen LogP contribution >= 0.6 is 0 Å². The Morgan fingerprint density at radius 3 is 2.78 bits per heavy atom. The molecule has 0 aliphatic rings. The number of carbonyl (C=O) groups is 2. The smallest absolute Gasteiger partial charge is 0.411 e. The van der Waals surface area contributed by atoms with Gasteiger partial charge in [0.2, 0.25) is 0 Å². The summed E-state index contributed by atoms with van der Waals surface area (Å²) < 4.78 is 4.76. The summed E-state index contributed by atoms with van der Waals surface area (Å²) in [6, 6.07) is 4.61. The monoisotopic (exact) mass is 249 g/mol. The van der Waals surface area contributed by atoms with Gasteiger partial charge in [-0.2, -0.15) is 0 Å². The Balaban J connectivity index is 2.82. The molecule has 0 aromatic heterocycles. The third kappa shape index (κ3) is 3.62. The van der Waals surface area contributed by atoms with Gasteiger partial charge in [0.25, 0.3) is 0 Å². The fourth-order valence-corrected chi connectivity index (χ4v) is 1.46. The van der Waals surface area contributed by atoms with Gasteiger partial charge in [0.15, 0.2) is 0 Å². The Labute approximate surface area is 105 Å². The summed E-state index contributed by atoms with van der Waals surface area (Å²) >= 11 is 0. The second-order valence-electron chi connectivity index (χ2n) is 3.54. The number of rotatable bonds is 5. The zero-order valence-electron chi connectivity index (χ0n) is 10.1. The maximum absolute atomic E-state index is 11.3. The third-order valence-electron chi connectivity index (χ3n) is 2.30. The topological polar surface area (TPSA) is 75.6 Å². The molecule has 96 valence electrons. The molecule has 0 aliphatic carbocycles. The van der Waals surface area contributed by atoms with Gasteiger partial charge in [-0.1, -0.05) is 19.6 Å². The second-order valence-corrected chi connectivity index (χ2v) is 3.54. The first kappa shape index (κ1) is 13.8. The van der Waals surface area contributed by atoms with Gasteiger partial charge in [0.05, 0.1) is 5.56 Å². The van der Waals surface area contributed by atoms with E-state index in [2.05, 4.69) is 11.9 Å². The Morgan fingerprint density at radius 2 is 2.22 bits per heavy atom. The van der Waals surface area contributed by atoms with Crippen molar-refractivity contribution >= 4 is 17.7 Å². The van der Waals surface area contributed by atoms with E-state index in [4.69, 9.17) is 9.84 Å². The SMILES string of the molecule is C=CCOC(=O)Nc1ccc(C(=O)O)c(CC)c1. The Morgan fingerprint density at radius 1 is 1.50 bits per heavy atom. The van der Waals surface area contributed by atoms with Gasteiger partial charge in [0.1, 0.15) is 6.61 Å². The summed E-state index contributed by atoms with van der Waals surface area (Å²) in [6.07, 6.45) is 1.43. The molecule has 1 aromatic rings. The number of carboxylic acid groups (broad SMARTS) is 1. The molecule has 2 N–H and O–H groups in total. The van der Waals surface area contributed by atoms with Crippen LogP contribution in [0, 0.1) is 0 Å². The first-order valence-electron chi connectivity index (χ1n) is 5.49. The van der Waals surface area contributed by atoms with Crippen LogP contribution in [-0.2, 0) is 11.2 Å². The highest BCUT2D eigenvalue weighted by Gasteiger charge is 2.10. The number of aromatic carboxylic acids is 1. The number of aryl methyl sites for hydroxylation is 1. The highest BCUT2D eigenvalue weighted by molar-refractivity contribution is 5.91. The fourth-order valence-electron chi connectivity index (χ4n) is 1.46. The Kier molecular flexibility index (Phi) is 4.92. The van der Waals surface area contributed by atoms with Crippen molar-refractivity contribution in [2.45, 2.75) is 13.3 Å². The molecule has 1 aromatic carbocycles. The number of nitrogens with one attached hydrogen (secondary N) is 1. The van der Waals surface area contributed by atoms with Crippen LogP contribution in [0.1, 0.15) is 22.8 Å². The van der Waals surface area contributed by atoms with Crippen LogP contribution < -0.4 is 5.32 Å². The van der Waals surface area contributed by atoms with Crippen molar-refractivity contribution in [1.29, 1.82) is 0 Å². The number of hydrogen-bond donors (Lipinski definition) is 2. The lowest BCUT2D eigenvalue weighted by atomic mass is 10.0. The molecule has 1 rings (SSSR count). The number of amides is 1. The molecule has 0 saturated heterocycles. The second kappa shape index (κ2) is 6.44. The quantitative estimate of drug-likeness (QED) is 0.786. The van der Waals surface area contributed by atoms with E-state index in [-0.39, 0.29) is 12.2 Å². The largest absolute Gasteiger partial charge is 0.478 e. The van der Waals surface area contributed by atoms with Crippen LogP contribution in [0.3, 0.4) is 0 Å². The molecule has 0 unspecified atom stereocenters. The van der Waals surface area contributed by atoms with Gasteiger partial charge < -0.3 is 9.84 Å². The lowest BCUT2D eigenvalue weighted by Gasteiger charge is -2.08. The molecule has 0 spiro atoms. The molecule has 5 heteroatoms. The maximum Gasteiger partial charge on any atom is 0.411 e. The summed E-state index contributed by atoms with van der Waals surface area (Å²) in [6.45, 7) is 5.40. The van der Waals surface area contributed by atoms with Crippen molar-refractivity contribution in [3.8, 4) is 0 Å². The maximum atomic E-state index is 11.3. The molecule has 0 heterocycles. The molecule has 0 atom stereocenters. The molecule has 5 nitrogen and oxygen atoms in total. The molecule has 18 heavy (non-hydrogen) atoms. The molecule has 0 aliphatic heterocycles. The van der Waals surface area contributed by atoms with Crippen molar-refractivity contribution in [1.82, 2.24) is 0 Å². The summed E-state index contributed by atoms with van der Waals surface area (Å²) in [7, 11) is 0. The standard InChI is InChI=1S/C13H15NO4/c1-3-7-18-13(17)14-10-5-6-11(12(15)16)9(4-2)8-10/h3,5-6,8H,1,4,7H2,2H3,(H,14,17)(H,15,16). The number of carbonyl (C=O) groups excluding carboxylic acids is 1.